The number of hydrogen-bond donors (Lipinski definition) is 2. The normalized spacial score (nSPS) is 19.7. The minimum absolute atomic E-state index is 0.131. The van der Waals surface area contributed by atoms with E-state index in [1.54, 1.807) is 10.8 Å². The molecule has 0 bridgehead atoms. The maximum atomic E-state index is 13.8. The number of benzene rings is 2. The SMILES string of the molecule is O=C(C[C@@H](NS(=O)(=O)c1ccccc1Br)C(F)(F)F)N[C@@H]1CCCc2cc(CN3CCCCC3)ccc21. The van der Waals surface area contributed by atoms with Crippen LogP contribution in [0.3, 0.4) is 0 Å². The number of halogens is 4. The maximum Gasteiger partial charge on any atom is 0.405 e. The second-order valence-corrected chi connectivity index (χ2v) is 12.3. The van der Waals surface area contributed by atoms with E-state index in [0.717, 1.165) is 43.6 Å². The molecule has 0 saturated carbocycles. The van der Waals surface area contributed by atoms with Crippen LogP contribution in [0.1, 0.15) is 61.3 Å². The number of carbonyl (C=O) groups excluding carboxylic acids is 1. The smallest absolute Gasteiger partial charge is 0.349 e. The Balaban J connectivity index is 1.43. The van der Waals surface area contributed by atoms with E-state index < -0.39 is 40.6 Å². The number of rotatable bonds is 8. The van der Waals surface area contributed by atoms with Crippen LogP contribution in [0.25, 0.3) is 0 Å². The zero-order valence-electron chi connectivity index (χ0n) is 20.4. The van der Waals surface area contributed by atoms with Crippen LogP contribution in [0, 0.1) is 0 Å². The van der Waals surface area contributed by atoms with Crippen molar-refractivity contribution in [3.05, 3.63) is 63.6 Å². The Morgan fingerprint density at radius 3 is 2.51 bits per heavy atom. The van der Waals surface area contributed by atoms with Gasteiger partial charge in [-0.2, -0.15) is 17.9 Å². The summed E-state index contributed by atoms with van der Waals surface area (Å²) >= 11 is 3.05. The number of nitrogens with zero attached hydrogens (tertiary/aromatic N) is 1. The molecule has 1 aliphatic carbocycles. The van der Waals surface area contributed by atoms with Crippen LogP contribution < -0.4 is 10.0 Å². The van der Waals surface area contributed by atoms with E-state index in [-0.39, 0.29) is 9.37 Å². The van der Waals surface area contributed by atoms with Crippen LogP contribution in [-0.2, 0) is 27.8 Å². The largest absolute Gasteiger partial charge is 0.405 e. The number of piperidine rings is 1. The molecule has 2 aromatic carbocycles. The number of aryl methyl sites for hydroxylation is 1. The molecule has 1 aliphatic heterocycles. The van der Waals surface area contributed by atoms with Gasteiger partial charge in [-0.15, -0.1) is 0 Å². The Hall–Kier alpha value is -1.95. The molecule has 37 heavy (non-hydrogen) atoms. The Kier molecular flexibility index (Phi) is 8.98. The molecule has 2 atom stereocenters. The zero-order valence-corrected chi connectivity index (χ0v) is 22.8. The van der Waals surface area contributed by atoms with Gasteiger partial charge in [-0.3, -0.25) is 9.69 Å². The summed E-state index contributed by atoms with van der Waals surface area (Å²) in [5.74, 6) is -0.854. The zero-order chi connectivity index (χ0) is 26.6. The maximum absolute atomic E-state index is 13.8. The minimum atomic E-state index is -4.94. The molecule has 2 aromatic rings. The first-order valence-electron chi connectivity index (χ1n) is 12.5. The van der Waals surface area contributed by atoms with E-state index in [1.165, 1.54) is 43.0 Å². The highest BCUT2D eigenvalue weighted by Crippen LogP contribution is 2.32. The predicted molar refractivity (Wildman–Crippen MR) is 138 cm³/mol. The van der Waals surface area contributed by atoms with Gasteiger partial charge in [-0.25, -0.2) is 8.42 Å². The lowest BCUT2D eigenvalue weighted by atomic mass is 9.86. The molecule has 1 heterocycles. The number of likely N-dealkylation sites (tertiary alicyclic amines) is 1. The van der Waals surface area contributed by atoms with Gasteiger partial charge >= 0.3 is 6.18 Å². The lowest BCUT2D eigenvalue weighted by molar-refractivity contribution is -0.158. The van der Waals surface area contributed by atoms with E-state index in [1.807, 2.05) is 12.1 Å². The van der Waals surface area contributed by atoms with E-state index in [9.17, 15) is 26.4 Å². The van der Waals surface area contributed by atoms with Crippen LogP contribution in [0.15, 0.2) is 51.8 Å². The van der Waals surface area contributed by atoms with Gasteiger partial charge in [0.1, 0.15) is 6.04 Å². The fourth-order valence-electron chi connectivity index (χ4n) is 5.07. The van der Waals surface area contributed by atoms with E-state index >= 15 is 0 Å². The van der Waals surface area contributed by atoms with Gasteiger partial charge in [0.05, 0.1) is 17.4 Å². The van der Waals surface area contributed by atoms with Crippen LogP contribution in [0.4, 0.5) is 13.2 Å². The van der Waals surface area contributed by atoms with Crippen molar-refractivity contribution >= 4 is 31.9 Å². The van der Waals surface area contributed by atoms with Crippen molar-refractivity contribution in [1.29, 1.82) is 0 Å². The van der Waals surface area contributed by atoms with Crippen LogP contribution in [-0.4, -0.2) is 44.5 Å². The molecule has 0 radical (unpaired) electrons. The molecule has 1 fully saturated rings. The molecule has 2 N–H and O–H groups in total. The summed E-state index contributed by atoms with van der Waals surface area (Å²) < 4.78 is 68.4. The van der Waals surface area contributed by atoms with Gasteiger partial charge in [-0.05, 0) is 89.9 Å². The number of nitrogens with one attached hydrogen (secondary N) is 2. The monoisotopic (exact) mass is 601 g/mol. The van der Waals surface area contributed by atoms with E-state index in [2.05, 4.69) is 32.2 Å². The summed E-state index contributed by atoms with van der Waals surface area (Å²) in [6.45, 7) is 3.04. The molecule has 2 aliphatic rings. The number of alkyl halides is 3. The number of hydrogen-bond acceptors (Lipinski definition) is 4. The van der Waals surface area contributed by atoms with Crippen molar-refractivity contribution in [3.63, 3.8) is 0 Å². The fourth-order valence-corrected chi connectivity index (χ4v) is 7.29. The Labute approximate surface area is 224 Å². The summed E-state index contributed by atoms with van der Waals surface area (Å²) in [5.41, 5.74) is 3.22. The van der Waals surface area contributed by atoms with Crippen LogP contribution >= 0.6 is 15.9 Å². The number of carbonyl (C=O) groups is 1. The van der Waals surface area contributed by atoms with Crippen molar-refractivity contribution < 1.29 is 26.4 Å². The van der Waals surface area contributed by atoms with Gasteiger partial charge in [0.2, 0.25) is 15.9 Å². The van der Waals surface area contributed by atoms with E-state index in [0.29, 0.717) is 6.42 Å². The lowest BCUT2D eigenvalue weighted by Crippen LogP contribution is -2.48. The average Bonchev–Trinajstić information content (AvgIpc) is 2.84. The minimum Gasteiger partial charge on any atom is -0.349 e. The molecule has 0 unspecified atom stereocenters. The number of fused-ring (bicyclic) bond motifs is 1. The predicted octanol–water partition coefficient (Wildman–Crippen LogP) is 5.23. The summed E-state index contributed by atoms with van der Waals surface area (Å²) in [6.07, 6.45) is -0.0416. The summed E-state index contributed by atoms with van der Waals surface area (Å²) in [4.78, 5) is 14.8. The number of sulfonamides is 1. The second-order valence-electron chi connectivity index (χ2n) is 9.73. The average molecular weight is 603 g/mol. The molecular weight excluding hydrogens is 571 g/mol. The summed E-state index contributed by atoms with van der Waals surface area (Å²) in [7, 11) is -4.52. The molecule has 6 nitrogen and oxygen atoms in total. The summed E-state index contributed by atoms with van der Waals surface area (Å²) in [6, 6.07) is 8.75. The standard InChI is InChI=1S/C26H31BrF3N3O3S/c27-21-8-2-3-10-23(21)37(35,36)32-24(26(28,29)30)16-25(34)31-22-9-6-7-19-15-18(11-12-20(19)22)17-33-13-4-1-5-14-33/h2-3,8,10-12,15,22,24,32H,1,4-7,9,13-14,16-17H2,(H,31,34)/t22-,24-/m1/s1. The third-order valence-corrected chi connectivity index (χ3v) is 9.40. The van der Waals surface area contributed by atoms with Gasteiger partial charge < -0.3 is 5.32 Å². The van der Waals surface area contributed by atoms with Crippen molar-refractivity contribution in [3.8, 4) is 0 Å². The third-order valence-electron chi connectivity index (χ3n) is 6.92. The Morgan fingerprint density at radius 2 is 1.81 bits per heavy atom. The van der Waals surface area contributed by atoms with Crippen molar-refractivity contribution in [2.24, 2.45) is 0 Å². The molecule has 202 valence electrons. The molecule has 1 amide bonds. The molecular formula is C26H31BrF3N3O3S. The van der Waals surface area contributed by atoms with Crippen molar-refractivity contribution in [2.45, 2.75) is 74.6 Å². The van der Waals surface area contributed by atoms with Crippen molar-refractivity contribution in [1.82, 2.24) is 14.9 Å². The van der Waals surface area contributed by atoms with Crippen LogP contribution in [0.2, 0.25) is 0 Å². The third kappa shape index (κ3) is 7.34. The first kappa shape index (κ1) is 28.1. The first-order valence-corrected chi connectivity index (χ1v) is 14.8. The highest BCUT2D eigenvalue weighted by molar-refractivity contribution is 9.10. The van der Waals surface area contributed by atoms with Gasteiger partial charge in [0.15, 0.2) is 0 Å². The summed E-state index contributed by atoms with van der Waals surface area (Å²) in [5, 5.41) is 2.72. The molecule has 11 heteroatoms. The lowest BCUT2D eigenvalue weighted by Gasteiger charge is -2.30. The highest BCUT2D eigenvalue weighted by Gasteiger charge is 2.44. The van der Waals surface area contributed by atoms with Crippen molar-refractivity contribution in [2.75, 3.05) is 13.1 Å². The van der Waals surface area contributed by atoms with Gasteiger partial charge in [0, 0.05) is 11.0 Å². The molecule has 0 spiro atoms. The quantitative estimate of drug-likeness (QED) is 0.434. The Morgan fingerprint density at radius 1 is 1.08 bits per heavy atom. The Bertz CT molecular complexity index is 1220. The second kappa shape index (κ2) is 11.8. The molecule has 1 saturated heterocycles. The highest BCUT2D eigenvalue weighted by atomic mass is 79.9. The number of amides is 1. The van der Waals surface area contributed by atoms with Gasteiger partial charge in [0.25, 0.3) is 0 Å². The molecule has 4 rings (SSSR count). The van der Waals surface area contributed by atoms with Gasteiger partial charge in [-0.1, -0.05) is 36.8 Å². The van der Waals surface area contributed by atoms with Crippen LogP contribution in [0.5, 0.6) is 0 Å². The first-order chi connectivity index (χ1) is 17.5. The van der Waals surface area contributed by atoms with E-state index in [4.69, 9.17) is 0 Å². The molecule has 0 aromatic heterocycles. The topological polar surface area (TPSA) is 78.5 Å². The fraction of sp³-hybridized carbons (Fsp3) is 0.500.